The molecule has 174 valence electrons. The maximum Gasteiger partial charge on any atom is 0.274 e. The van der Waals surface area contributed by atoms with E-state index >= 15 is 0 Å². The van der Waals surface area contributed by atoms with Crippen LogP contribution in [-0.4, -0.2) is 32.8 Å². The number of halogens is 2. The normalized spacial score (nSPS) is 14.7. The number of amides is 1. The highest BCUT2D eigenvalue weighted by Gasteiger charge is 2.37. The van der Waals surface area contributed by atoms with Crippen LogP contribution in [0, 0.1) is 0 Å². The van der Waals surface area contributed by atoms with E-state index < -0.39 is 27.3 Å². The van der Waals surface area contributed by atoms with Gasteiger partial charge in [-0.2, -0.15) is 0 Å². The average Bonchev–Trinajstić information content (AvgIpc) is 3.61. The van der Waals surface area contributed by atoms with Crippen LogP contribution in [0.2, 0.25) is 5.02 Å². The van der Waals surface area contributed by atoms with Crippen LogP contribution >= 0.6 is 27.5 Å². The van der Waals surface area contributed by atoms with Gasteiger partial charge >= 0.3 is 0 Å². The zero-order valence-electron chi connectivity index (χ0n) is 17.6. The van der Waals surface area contributed by atoms with Gasteiger partial charge in [-0.15, -0.1) is 0 Å². The Balaban J connectivity index is 1.70. The van der Waals surface area contributed by atoms with Crippen LogP contribution in [0.15, 0.2) is 50.1 Å². The van der Waals surface area contributed by atoms with Crippen LogP contribution in [0.5, 0.6) is 11.5 Å². The molecular weight excluding hydrogens is 538 g/mol. The first kappa shape index (κ1) is 23.6. The maximum atomic E-state index is 12.6. The summed E-state index contributed by atoms with van der Waals surface area (Å²) in [4.78, 5) is 25.0. The first-order valence-corrected chi connectivity index (χ1v) is 12.6. The number of carbonyl (C=O) groups is 1. The summed E-state index contributed by atoms with van der Waals surface area (Å²) < 4.78 is 43.7. The van der Waals surface area contributed by atoms with Crippen molar-refractivity contribution in [2.24, 2.45) is 0 Å². The van der Waals surface area contributed by atoms with Gasteiger partial charge in [-0.1, -0.05) is 17.7 Å². The molecule has 0 spiro atoms. The van der Waals surface area contributed by atoms with E-state index in [0.717, 1.165) is 0 Å². The summed E-state index contributed by atoms with van der Waals surface area (Å²) in [7, 11) is -2.24. The van der Waals surface area contributed by atoms with Gasteiger partial charge in [0.05, 0.1) is 32.8 Å². The van der Waals surface area contributed by atoms with E-state index in [-0.39, 0.29) is 27.5 Å². The average molecular weight is 557 g/mol. The van der Waals surface area contributed by atoms with Crippen LogP contribution in [-0.2, 0) is 14.8 Å². The van der Waals surface area contributed by atoms with Gasteiger partial charge in [0.2, 0.25) is 10.0 Å². The van der Waals surface area contributed by atoms with E-state index in [9.17, 15) is 18.0 Å². The van der Waals surface area contributed by atoms with Gasteiger partial charge in [0.25, 0.3) is 5.91 Å². The fourth-order valence-electron chi connectivity index (χ4n) is 3.19. The van der Waals surface area contributed by atoms with E-state index in [4.69, 9.17) is 25.5 Å². The quantitative estimate of drug-likeness (QED) is 0.463. The lowest BCUT2D eigenvalue weighted by molar-refractivity contribution is -0.125. The van der Waals surface area contributed by atoms with E-state index in [1.807, 2.05) is 0 Å². The number of sulfonamides is 1. The minimum absolute atomic E-state index is 0.184. The highest BCUT2D eigenvalue weighted by Crippen LogP contribution is 2.40. The second kappa shape index (κ2) is 9.00. The van der Waals surface area contributed by atoms with Crippen molar-refractivity contribution in [2.45, 2.75) is 31.1 Å². The van der Waals surface area contributed by atoms with Crippen molar-refractivity contribution in [3.63, 3.8) is 0 Å². The Labute approximate surface area is 203 Å². The van der Waals surface area contributed by atoms with Crippen LogP contribution in [0.25, 0.3) is 22.3 Å². The minimum Gasteiger partial charge on any atom is -0.496 e. The van der Waals surface area contributed by atoms with E-state index in [1.165, 1.54) is 26.2 Å². The minimum atomic E-state index is -3.70. The Morgan fingerprint density at radius 3 is 2.64 bits per heavy atom. The lowest BCUT2D eigenvalue weighted by atomic mass is 10.1. The summed E-state index contributed by atoms with van der Waals surface area (Å²) in [6.45, 7) is 1.43. The van der Waals surface area contributed by atoms with Gasteiger partial charge in [-0.3, -0.25) is 9.59 Å². The highest BCUT2D eigenvalue weighted by atomic mass is 79.9. The Kier molecular flexibility index (Phi) is 6.43. The second-order valence-electron chi connectivity index (χ2n) is 7.55. The van der Waals surface area contributed by atoms with Crippen molar-refractivity contribution in [1.29, 1.82) is 0 Å². The molecule has 3 aromatic rings. The Bertz CT molecular complexity index is 1420. The Morgan fingerprint density at radius 2 is 1.97 bits per heavy atom. The van der Waals surface area contributed by atoms with Crippen molar-refractivity contribution >= 4 is 54.4 Å². The van der Waals surface area contributed by atoms with Crippen LogP contribution in [0.3, 0.4) is 0 Å². The monoisotopic (exact) mass is 555 g/mol. The molecule has 1 N–H and O–H groups in total. The number of fused-ring (bicyclic) bond motifs is 1. The van der Waals surface area contributed by atoms with E-state index in [1.54, 1.807) is 24.3 Å². The number of ether oxygens (including phenoxy) is 2. The molecule has 1 aliphatic carbocycles. The predicted molar refractivity (Wildman–Crippen MR) is 127 cm³/mol. The van der Waals surface area contributed by atoms with E-state index in [0.29, 0.717) is 34.0 Å². The fraction of sp³-hybridized carbons (Fsp3) is 0.273. The summed E-state index contributed by atoms with van der Waals surface area (Å²) in [6, 6.07) is 9.31. The van der Waals surface area contributed by atoms with Gasteiger partial charge in [0.15, 0.2) is 17.1 Å². The Hall–Kier alpha value is -2.56. The molecule has 8 nitrogen and oxygen atoms in total. The molecule has 0 aliphatic heterocycles. The number of rotatable bonds is 7. The number of para-hydroxylation sites is 1. The standard InChI is InChI=1S/C22H19BrClNO7S/c1-11(22(27)25-33(28,29)12-6-7-12)31-20-8-14(18(30-2)9-15(20)23)19-10-17(26)13-4-3-5-16(24)21(13)32-19/h3-5,8-12H,6-7H2,1-2H3,(H,25,27). The first-order valence-electron chi connectivity index (χ1n) is 9.93. The number of benzene rings is 2. The summed E-state index contributed by atoms with van der Waals surface area (Å²) in [5.74, 6) is -0.00484. The maximum absolute atomic E-state index is 12.6. The van der Waals surface area contributed by atoms with Gasteiger partial charge in [0, 0.05) is 6.07 Å². The molecule has 1 unspecified atom stereocenters. The first-order chi connectivity index (χ1) is 15.6. The third-order valence-corrected chi connectivity index (χ3v) is 7.86. The number of hydrogen-bond donors (Lipinski definition) is 1. The number of nitrogens with one attached hydrogen (secondary N) is 1. The largest absolute Gasteiger partial charge is 0.496 e. The molecule has 0 saturated heterocycles. The molecule has 2 aromatic carbocycles. The Morgan fingerprint density at radius 1 is 1.24 bits per heavy atom. The lowest BCUT2D eigenvalue weighted by Gasteiger charge is -2.18. The number of carbonyl (C=O) groups excluding carboxylic acids is 1. The third-order valence-electron chi connectivity index (χ3n) is 5.11. The highest BCUT2D eigenvalue weighted by molar-refractivity contribution is 9.10. The summed E-state index contributed by atoms with van der Waals surface area (Å²) in [5.41, 5.74) is 0.319. The zero-order valence-corrected chi connectivity index (χ0v) is 20.7. The smallest absolute Gasteiger partial charge is 0.274 e. The molecule has 0 bridgehead atoms. The van der Waals surface area contributed by atoms with Gasteiger partial charge < -0.3 is 13.9 Å². The summed E-state index contributed by atoms with van der Waals surface area (Å²) >= 11 is 9.58. The van der Waals surface area contributed by atoms with Crippen molar-refractivity contribution in [2.75, 3.05) is 7.11 Å². The molecule has 1 atom stereocenters. The molecule has 11 heteroatoms. The van der Waals surface area contributed by atoms with Crippen molar-refractivity contribution in [1.82, 2.24) is 4.72 Å². The molecule has 1 fully saturated rings. The molecule has 1 heterocycles. The van der Waals surface area contributed by atoms with Crippen molar-refractivity contribution in [3.8, 4) is 22.8 Å². The van der Waals surface area contributed by atoms with Crippen LogP contribution in [0.1, 0.15) is 19.8 Å². The van der Waals surface area contributed by atoms with Crippen LogP contribution in [0.4, 0.5) is 0 Å². The molecule has 1 saturated carbocycles. The van der Waals surface area contributed by atoms with E-state index in [2.05, 4.69) is 20.7 Å². The second-order valence-corrected chi connectivity index (χ2v) is 10.8. The summed E-state index contributed by atoms with van der Waals surface area (Å²) in [6.07, 6.45) is -0.0487. The fourth-order valence-corrected chi connectivity index (χ4v) is 5.19. The molecule has 33 heavy (non-hydrogen) atoms. The SMILES string of the molecule is COc1cc(Br)c(OC(C)C(=O)NS(=O)(=O)C2CC2)cc1-c1cc(=O)c2cccc(Cl)c2o1. The molecular formula is C22H19BrClNO7S. The lowest BCUT2D eigenvalue weighted by Crippen LogP contribution is -2.41. The molecule has 1 amide bonds. The third kappa shape index (κ3) is 4.87. The molecule has 0 radical (unpaired) electrons. The zero-order chi connectivity index (χ0) is 23.9. The van der Waals surface area contributed by atoms with Gasteiger partial charge in [-0.05, 0) is 60.0 Å². The number of methoxy groups -OCH3 is 1. The summed E-state index contributed by atoms with van der Waals surface area (Å²) in [5, 5.41) is 0.0812. The topological polar surface area (TPSA) is 112 Å². The van der Waals surface area contributed by atoms with Crippen molar-refractivity contribution in [3.05, 3.63) is 56.1 Å². The van der Waals surface area contributed by atoms with Gasteiger partial charge in [-0.25, -0.2) is 13.1 Å². The van der Waals surface area contributed by atoms with Gasteiger partial charge in [0.1, 0.15) is 17.3 Å². The van der Waals surface area contributed by atoms with Crippen LogP contribution < -0.4 is 19.6 Å². The van der Waals surface area contributed by atoms with Crippen molar-refractivity contribution < 1.29 is 27.1 Å². The molecule has 4 rings (SSSR count). The number of hydrogen-bond acceptors (Lipinski definition) is 7. The molecule has 1 aromatic heterocycles. The molecule has 1 aliphatic rings. The predicted octanol–water partition coefficient (Wildman–Crippen LogP) is 4.26.